The third-order valence-electron chi connectivity index (χ3n) is 2.20. The van der Waals surface area contributed by atoms with E-state index >= 15 is 0 Å². The monoisotopic (exact) mass is 273 g/mol. The lowest BCUT2D eigenvalue weighted by molar-refractivity contribution is 0.0701. The number of urea groups is 1. The number of nitrogens with zero attached hydrogens (tertiary/aromatic N) is 1. The summed E-state index contributed by atoms with van der Waals surface area (Å²) in [6.45, 7) is 0. The van der Waals surface area contributed by atoms with Gasteiger partial charge in [0.25, 0.3) is 0 Å². The van der Waals surface area contributed by atoms with E-state index < -0.39 is 12.0 Å². The maximum absolute atomic E-state index is 11.6. The Balaban J connectivity index is 1.96. The molecule has 0 bridgehead atoms. The van der Waals surface area contributed by atoms with Crippen LogP contribution >= 0.6 is 0 Å². The van der Waals surface area contributed by atoms with Gasteiger partial charge in [-0.05, 0) is 42.0 Å². The number of furan rings is 1. The van der Waals surface area contributed by atoms with Crippen LogP contribution in [0.4, 0.5) is 4.79 Å². The lowest BCUT2D eigenvalue weighted by Gasteiger charge is -2.02. The van der Waals surface area contributed by atoms with E-state index in [0.29, 0.717) is 11.3 Å². The maximum Gasteiger partial charge on any atom is 0.379 e. The number of primary amides is 1. The molecule has 1 aromatic carbocycles. The molecule has 1 aromatic heterocycles. The van der Waals surface area contributed by atoms with Crippen LogP contribution in [0.3, 0.4) is 0 Å². The van der Waals surface area contributed by atoms with Crippen LogP contribution in [0, 0.1) is 0 Å². The van der Waals surface area contributed by atoms with E-state index in [0.717, 1.165) is 0 Å². The Hall–Kier alpha value is -3.09. The van der Waals surface area contributed by atoms with Crippen molar-refractivity contribution < 1.29 is 18.7 Å². The third-order valence-corrected chi connectivity index (χ3v) is 2.20. The van der Waals surface area contributed by atoms with Crippen LogP contribution in [0.5, 0.6) is 5.75 Å². The number of carbonyl (C=O) groups is 2. The molecule has 0 atom stereocenters. The van der Waals surface area contributed by atoms with Gasteiger partial charge in [-0.1, -0.05) is 0 Å². The van der Waals surface area contributed by atoms with Gasteiger partial charge in [-0.15, -0.1) is 0 Å². The minimum atomic E-state index is -0.745. The zero-order valence-electron chi connectivity index (χ0n) is 10.3. The molecule has 7 nitrogen and oxygen atoms in total. The van der Waals surface area contributed by atoms with E-state index in [1.807, 2.05) is 0 Å². The minimum absolute atomic E-state index is 0.126. The summed E-state index contributed by atoms with van der Waals surface area (Å²) in [6.07, 6.45) is 2.80. The number of ether oxygens (including phenoxy) is 1. The van der Waals surface area contributed by atoms with Gasteiger partial charge in [0.2, 0.25) is 5.76 Å². The summed E-state index contributed by atoms with van der Waals surface area (Å²) < 4.78 is 10.0. The molecule has 7 heteroatoms. The van der Waals surface area contributed by atoms with E-state index in [9.17, 15) is 9.59 Å². The molecule has 0 aliphatic heterocycles. The molecular formula is C13H11N3O4. The fourth-order valence-electron chi connectivity index (χ4n) is 1.34. The van der Waals surface area contributed by atoms with Gasteiger partial charge in [0.05, 0.1) is 12.5 Å². The van der Waals surface area contributed by atoms with Gasteiger partial charge in [0, 0.05) is 0 Å². The van der Waals surface area contributed by atoms with Crippen molar-refractivity contribution in [1.29, 1.82) is 0 Å². The summed E-state index contributed by atoms with van der Waals surface area (Å²) in [5, 5.41) is 3.60. The number of benzene rings is 1. The Bertz CT molecular complexity index is 618. The van der Waals surface area contributed by atoms with Crippen molar-refractivity contribution in [2.45, 2.75) is 0 Å². The molecule has 2 rings (SSSR count). The number of nitrogens with one attached hydrogen (secondary N) is 1. The van der Waals surface area contributed by atoms with Crippen LogP contribution in [0.1, 0.15) is 16.1 Å². The molecule has 20 heavy (non-hydrogen) atoms. The van der Waals surface area contributed by atoms with Crippen molar-refractivity contribution in [3.05, 3.63) is 54.0 Å². The first-order chi connectivity index (χ1) is 9.65. The predicted octanol–water partition coefficient (Wildman–Crippen LogP) is 1.50. The summed E-state index contributed by atoms with van der Waals surface area (Å²) in [6, 6.07) is 8.87. The molecule has 0 aliphatic rings. The van der Waals surface area contributed by atoms with Crippen molar-refractivity contribution >= 4 is 18.2 Å². The van der Waals surface area contributed by atoms with Gasteiger partial charge >= 0.3 is 12.0 Å². The summed E-state index contributed by atoms with van der Waals surface area (Å²) in [4.78, 5) is 22.0. The summed E-state index contributed by atoms with van der Waals surface area (Å²) in [5.41, 5.74) is 7.63. The second kappa shape index (κ2) is 6.19. The molecule has 1 heterocycles. The summed E-state index contributed by atoms with van der Waals surface area (Å²) in [5.74, 6) is -0.0838. The van der Waals surface area contributed by atoms with E-state index in [1.54, 1.807) is 30.3 Å². The van der Waals surface area contributed by atoms with Crippen LogP contribution in [0.25, 0.3) is 0 Å². The van der Waals surface area contributed by atoms with Crippen molar-refractivity contribution in [2.24, 2.45) is 10.8 Å². The molecule has 2 amide bonds. The molecule has 102 valence electrons. The zero-order valence-corrected chi connectivity index (χ0v) is 10.3. The highest BCUT2D eigenvalue weighted by molar-refractivity contribution is 5.88. The van der Waals surface area contributed by atoms with Gasteiger partial charge in [0.15, 0.2) is 0 Å². The average Bonchev–Trinajstić information content (AvgIpc) is 2.94. The smallest absolute Gasteiger partial charge is 0.379 e. The topological polar surface area (TPSA) is 107 Å². The van der Waals surface area contributed by atoms with Crippen molar-refractivity contribution in [2.75, 3.05) is 0 Å². The molecule has 0 unspecified atom stereocenters. The largest absolute Gasteiger partial charge is 0.457 e. The van der Waals surface area contributed by atoms with Gasteiger partial charge in [-0.2, -0.15) is 5.10 Å². The number of hydrogen-bond donors (Lipinski definition) is 2. The van der Waals surface area contributed by atoms with Gasteiger partial charge < -0.3 is 14.9 Å². The van der Waals surface area contributed by atoms with E-state index in [1.165, 1.54) is 18.5 Å². The quantitative estimate of drug-likeness (QED) is 0.381. The number of hydrogen-bond acceptors (Lipinski definition) is 5. The standard InChI is InChI=1S/C13H11N3O4/c14-13(18)16-15-8-9-3-5-10(6-4-9)20-12(17)11-2-1-7-19-11/h1-8H,(H3,14,16,18)/b15-8-. The van der Waals surface area contributed by atoms with Gasteiger partial charge in [-0.25, -0.2) is 15.0 Å². The third kappa shape index (κ3) is 3.70. The van der Waals surface area contributed by atoms with Crippen LogP contribution in [0.2, 0.25) is 0 Å². The minimum Gasteiger partial charge on any atom is -0.457 e. The first kappa shape index (κ1) is 13.3. The number of amides is 2. The maximum atomic E-state index is 11.6. The number of nitrogens with two attached hydrogens (primary N) is 1. The van der Waals surface area contributed by atoms with Crippen LogP contribution in [-0.4, -0.2) is 18.2 Å². The Kier molecular flexibility index (Phi) is 4.13. The molecule has 0 radical (unpaired) electrons. The lowest BCUT2D eigenvalue weighted by Crippen LogP contribution is -2.24. The summed E-state index contributed by atoms with van der Waals surface area (Å²) >= 11 is 0. The lowest BCUT2D eigenvalue weighted by atomic mass is 10.2. The number of hydrazone groups is 1. The normalized spacial score (nSPS) is 10.4. The molecule has 2 aromatic rings. The van der Waals surface area contributed by atoms with Crippen molar-refractivity contribution in [3.63, 3.8) is 0 Å². The first-order valence-electron chi connectivity index (χ1n) is 5.59. The fraction of sp³-hybridized carbons (Fsp3) is 0. The van der Waals surface area contributed by atoms with Gasteiger partial charge in [0.1, 0.15) is 5.75 Å². The zero-order chi connectivity index (χ0) is 14.4. The number of rotatable bonds is 4. The Morgan fingerprint density at radius 3 is 2.60 bits per heavy atom. The van der Waals surface area contributed by atoms with Crippen LogP contribution < -0.4 is 15.9 Å². The number of esters is 1. The van der Waals surface area contributed by atoms with Crippen molar-refractivity contribution in [1.82, 2.24) is 5.43 Å². The average molecular weight is 273 g/mol. The molecule has 3 N–H and O–H groups in total. The van der Waals surface area contributed by atoms with Crippen LogP contribution in [-0.2, 0) is 0 Å². The van der Waals surface area contributed by atoms with Crippen LogP contribution in [0.15, 0.2) is 52.2 Å². The predicted molar refractivity (Wildman–Crippen MR) is 70.4 cm³/mol. The Morgan fingerprint density at radius 2 is 2.00 bits per heavy atom. The van der Waals surface area contributed by atoms with E-state index in [-0.39, 0.29) is 5.76 Å². The Labute approximate surface area is 114 Å². The Morgan fingerprint density at radius 1 is 1.25 bits per heavy atom. The fourth-order valence-corrected chi connectivity index (χ4v) is 1.34. The second-order valence-corrected chi connectivity index (χ2v) is 3.67. The van der Waals surface area contributed by atoms with E-state index in [2.05, 4.69) is 10.5 Å². The summed E-state index contributed by atoms with van der Waals surface area (Å²) in [7, 11) is 0. The molecular weight excluding hydrogens is 262 g/mol. The van der Waals surface area contributed by atoms with E-state index in [4.69, 9.17) is 14.9 Å². The molecule has 0 fully saturated rings. The highest BCUT2D eigenvalue weighted by Gasteiger charge is 2.10. The number of carbonyl (C=O) groups excluding carboxylic acids is 2. The SMILES string of the molecule is NC(=O)N/N=C\c1ccc(OC(=O)c2ccco2)cc1. The molecule has 0 aliphatic carbocycles. The van der Waals surface area contributed by atoms with Gasteiger partial charge in [-0.3, -0.25) is 0 Å². The van der Waals surface area contributed by atoms with Crippen molar-refractivity contribution in [3.8, 4) is 5.75 Å². The molecule has 0 saturated carbocycles. The highest BCUT2D eigenvalue weighted by atomic mass is 16.5. The first-order valence-corrected chi connectivity index (χ1v) is 5.59. The molecule has 0 spiro atoms. The molecule has 0 saturated heterocycles. The second-order valence-electron chi connectivity index (χ2n) is 3.67. The highest BCUT2D eigenvalue weighted by Crippen LogP contribution is 2.13.